The van der Waals surface area contributed by atoms with Gasteiger partial charge in [0.25, 0.3) is 0 Å². The van der Waals surface area contributed by atoms with E-state index < -0.39 is 0 Å². The Hall–Kier alpha value is -1.09. The molecule has 0 unspecified atom stereocenters. The Bertz CT molecular complexity index is 409. The molecule has 0 aliphatic carbocycles. The lowest BCUT2D eigenvalue weighted by Gasteiger charge is -2.40. The predicted octanol–water partition coefficient (Wildman–Crippen LogP) is 3.30. The van der Waals surface area contributed by atoms with E-state index in [-0.39, 0.29) is 5.82 Å². The number of nitrogens with zero attached hydrogens (tertiary/aromatic N) is 1. The Labute approximate surface area is 109 Å². The van der Waals surface area contributed by atoms with E-state index >= 15 is 0 Å². The van der Waals surface area contributed by atoms with Gasteiger partial charge in [0.15, 0.2) is 0 Å². The lowest BCUT2D eigenvalue weighted by molar-refractivity contribution is 0.238. The number of rotatable bonds is 3. The van der Waals surface area contributed by atoms with Crippen LogP contribution in [0.5, 0.6) is 0 Å². The molecule has 2 nitrogen and oxygen atoms in total. The molecule has 0 radical (unpaired) electrons. The van der Waals surface area contributed by atoms with Crippen LogP contribution in [0.1, 0.15) is 38.7 Å². The fraction of sp³-hybridized carbons (Fsp3) is 0.600. The van der Waals surface area contributed by atoms with Crippen molar-refractivity contribution in [1.29, 1.82) is 0 Å². The summed E-state index contributed by atoms with van der Waals surface area (Å²) in [7, 11) is 0. The first-order valence-electron chi connectivity index (χ1n) is 6.81. The maximum Gasteiger partial charge on any atom is 0.123 e. The second-order valence-corrected chi connectivity index (χ2v) is 5.63. The zero-order chi connectivity index (χ0) is 13.2. The highest BCUT2D eigenvalue weighted by molar-refractivity contribution is 5.54. The van der Waals surface area contributed by atoms with Gasteiger partial charge in [-0.1, -0.05) is 20.3 Å². The monoisotopic (exact) mass is 250 g/mol. The SMILES string of the molecule is CCC1(C)CCN(c2ccc(F)cc2CN)CC1. The summed E-state index contributed by atoms with van der Waals surface area (Å²) in [6.07, 6.45) is 3.63. The van der Waals surface area contributed by atoms with E-state index in [0.29, 0.717) is 12.0 Å². The number of benzene rings is 1. The van der Waals surface area contributed by atoms with Gasteiger partial charge in [-0.25, -0.2) is 4.39 Å². The summed E-state index contributed by atoms with van der Waals surface area (Å²) < 4.78 is 13.2. The Morgan fingerprint density at radius 3 is 2.56 bits per heavy atom. The van der Waals surface area contributed by atoms with E-state index in [2.05, 4.69) is 18.7 Å². The van der Waals surface area contributed by atoms with Crippen molar-refractivity contribution in [2.45, 2.75) is 39.7 Å². The van der Waals surface area contributed by atoms with Crippen LogP contribution in [0.4, 0.5) is 10.1 Å². The third kappa shape index (κ3) is 2.66. The van der Waals surface area contributed by atoms with Crippen LogP contribution in [-0.4, -0.2) is 13.1 Å². The van der Waals surface area contributed by atoms with Gasteiger partial charge in [0.1, 0.15) is 5.82 Å². The molecule has 0 amide bonds. The maximum atomic E-state index is 13.2. The Balaban J connectivity index is 2.14. The number of halogens is 1. The van der Waals surface area contributed by atoms with Crippen molar-refractivity contribution in [2.24, 2.45) is 11.1 Å². The van der Waals surface area contributed by atoms with Gasteiger partial charge >= 0.3 is 0 Å². The summed E-state index contributed by atoms with van der Waals surface area (Å²) in [6, 6.07) is 4.96. The molecule has 0 saturated carbocycles. The van der Waals surface area contributed by atoms with Crippen LogP contribution in [-0.2, 0) is 6.54 Å². The fourth-order valence-electron chi connectivity index (χ4n) is 2.67. The normalized spacial score (nSPS) is 19.0. The molecule has 2 N–H and O–H groups in total. The van der Waals surface area contributed by atoms with Crippen molar-refractivity contribution in [2.75, 3.05) is 18.0 Å². The third-order valence-electron chi connectivity index (χ3n) is 4.43. The van der Waals surface area contributed by atoms with E-state index in [1.54, 1.807) is 6.07 Å². The van der Waals surface area contributed by atoms with Crippen LogP contribution >= 0.6 is 0 Å². The molecule has 1 saturated heterocycles. The quantitative estimate of drug-likeness (QED) is 0.892. The molecule has 1 heterocycles. The standard InChI is InChI=1S/C15H23FN2/c1-3-15(2)6-8-18(9-7-15)14-5-4-13(16)10-12(14)11-17/h4-5,10H,3,6-9,11,17H2,1-2H3. The lowest BCUT2D eigenvalue weighted by Crippen LogP contribution is -2.39. The molecular formula is C15H23FN2. The summed E-state index contributed by atoms with van der Waals surface area (Å²) in [6.45, 7) is 7.11. The molecule has 0 spiro atoms. The molecule has 1 aromatic rings. The minimum atomic E-state index is -0.199. The number of hydrogen-bond acceptors (Lipinski definition) is 2. The van der Waals surface area contributed by atoms with Crippen LogP contribution in [0.3, 0.4) is 0 Å². The lowest BCUT2D eigenvalue weighted by atomic mass is 9.78. The zero-order valence-corrected chi connectivity index (χ0v) is 11.4. The number of nitrogens with two attached hydrogens (primary N) is 1. The molecule has 1 fully saturated rings. The minimum absolute atomic E-state index is 0.199. The third-order valence-corrected chi connectivity index (χ3v) is 4.43. The number of piperidine rings is 1. The van der Waals surface area contributed by atoms with Gasteiger partial charge in [0.05, 0.1) is 0 Å². The van der Waals surface area contributed by atoms with E-state index in [1.165, 1.54) is 25.3 Å². The second-order valence-electron chi connectivity index (χ2n) is 5.63. The highest BCUT2D eigenvalue weighted by Crippen LogP contribution is 2.36. The summed E-state index contributed by atoms with van der Waals surface area (Å²) in [5.74, 6) is -0.199. The first-order chi connectivity index (χ1) is 8.58. The average Bonchev–Trinajstić information content (AvgIpc) is 2.40. The fourth-order valence-corrected chi connectivity index (χ4v) is 2.67. The molecule has 2 rings (SSSR count). The molecule has 1 aliphatic rings. The largest absolute Gasteiger partial charge is 0.371 e. The molecular weight excluding hydrogens is 227 g/mol. The molecule has 1 aromatic carbocycles. The van der Waals surface area contributed by atoms with Crippen molar-refractivity contribution in [3.63, 3.8) is 0 Å². The maximum absolute atomic E-state index is 13.2. The first-order valence-corrected chi connectivity index (χ1v) is 6.81. The molecule has 100 valence electrons. The van der Waals surface area contributed by atoms with Gasteiger partial charge in [0, 0.05) is 25.3 Å². The molecule has 18 heavy (non-hydrogen) atoms. The number of hydrogen-bond donors (Lipinski definition) is 1. The molecule has 0 bridgehead atoms. The molecule has 0 aromatic heterocycles. The highest BCUT2D eigenvalue weighted by atomic mass is 19.1. The Morgan fingerprint density at radius 2 is 2.00 bits per heavy atom. The Morgan fingerprint density at radius 1 is 1.33 bits per heavy atom. The average molecular weight is 250 g/mol. The second kappa shape index (κ2) is 5.27. The summed E-state index contributed by atoms with van der Waals surface area (Å²) >= 11 is 0. The summed E-state index contributed by atoms with van der Waals surface area (Å²) in [5.41, 5.74) is 8.20. The summed E-state index contributed by atoms with van der Waals surface area (Å²) in [5, 5.41) is 0. The highest BCUT2D eigenvalue weighted by Gasteiger charge is 2.28. The Kier molecular flexibility index (Phi) is 3.91. The van der Waals surface area contributed by atoms with Crippen LogP contribution in [0, 0.1) is 11.2 Å². The topological polar surface area (TPSA) is 29.3 Å². The summed E-state index contributed by atoms with van der Waals surface area (Å²) in [4.78, 5) is 2.35. The molecule has 0 atom stereocenters. The van der Waals surface area contributed by atoms with E-state index in [9.17, 15) is 4.39 Å². The van der Waals surface area contributed by atoms with Gasteiger partial charge in [-0.3, -0.25) is 0 Å². The first kappa shape index (κ1) is 13.3. The van der Waals surface area contributed by atoms with Gasteiger partial charge in [-0.15, -0.1) is 0 Å². The molecule has 3 heteroatoms. The van der Waals surface area contributed by atoms with E-state index in [1.807, 2.05) is 6.07 Å². The van der Waals surface area contributed by atoms with Crippen molar-refractivity contribution in [1.82, 2.24) is 0 Å². The van der Waals surface area contributed by atoms with Crippen molar-refractivity contribution < 1.29 is 4.39 Å². The van der Waals surface area contributed by atoms with Gasteiger partial charge < -0.3 is 10.6 Å². The van der Waals surface area contributed by atoms with E-state index in [0.717, 1.165) is 24.3 Å². The van der Waals surface area contributed by atoms with Gasteiger partial charge in [0.2, 0.25) is 0 Å². The van der Waals surface area contributed by atoms with Crippen molar-refractivity contribution in [3.05, 3.63) is 29.6 Å². The zero-order valence-electron chi connectivity index (χ0n) is 11.4. The van der Waals surface area contributed by atoms with Crippen LogP contribution in [0.2, 0.25) is 0 Å². The smallest absolute Gasteiger partial charge is 0.123 e. The van der Waals surface area contributed by atoms with Crippen molar-refractivity contribution >= 4 is 5.69 Å². The predicted molar refractivity (Wildman–Crippen MR) is 74.1 cm³/mol. The van der Waals surface area contributed by atoms with Gasteiger partial charge in [-0.05, 0) is 42.0 Å². The van der Waals surface area contributed by atoms with Crippen molar-refractivity contribution in [3.8, 4) is 0 Å². The van der Waals surface area contributed by atoms with Crippen LogP contribution in [0.25, 0.3) is 0 Å². The molecule has 1 aliphatic heterocycles. The van der Waals surface area contributed by atoms with Gasteiger partial charge in [-0.2, -0.15) is 0 Å². The van der Waals surface area contributed by atoms with E-state index in [4.69, 9.17) is 5.73 Å². The van der Waals surface area contributed by atoms with Crippen LogP contribution in [0.15, 0.2) is 18.2 Å². The number of anilines is 1. The minimum Gasteiger partial charge on any atom is -0.371 e. The van der Waals surface area contributed by atoms with Crippen LogP contribution < -0.4 is 10.6 Å².